The smallest absolute Gasteiger partial charge is 0.234 e. The van der Waals surface area contributed by atoms with E-state index in [1.807, 2.05) is 12.1 Å². The van der Waals surface area contributed by atoms with Gasteiger partial charge in [-0.2, -0.15) is 0 Å². The summed E-state index contributed by atoms with van der Waals surface area (Å²) in [5.41, 5.74) is 0.583. The van der Waals surface area contributed by atoms with Gasteiger partial charge in [0.2, 0.25) is 5.91 Å². The van der Waals surface area contributed by atoms with Crippen LogP contribution in [0.1, 0.15) is 0 Å². The zero-order chi connectivity index (χ0) is 15.8. The monoisotopic (exact) mass is 339 g/mol. The molecule has 2 aromatic rings. The van der Waals surface area contributed by atoms with Crippen LogP contribution in [0.2, 0.25) is 5.02 Å². The molecule has 0 bridgehead atoms. The molecule has 0 unspecified atom stereocenters. The van der Waals surface area contributed by atoms with Crippen molar-refractivity contribution in [2.75, 3.05) is 23.4 Å². The van der Waals surface area contributed by atoms with Gasteiger partial charge in [-0.05, 0) is 36.4 Å². The van der Waals surface area contributed by atoms with Crippen LogP contribution in [0.25, 0.3) is 0 Å². The van der Waals surface area contributed by atoms with Crippen molar-refractivity contribution in [3.63, 3.8) is 0 Å². The molecule has 0 saturated carbocycles. The summed E-state index contributed by atoms with van der Waals surface area (Å²) in [6.07, 6.45) is 0. The molecule has 3 nitrogen and oxygen atoms in total. The Balaban J connectivity index is 1.63. The summed E-state index contributed by atoms with van der Waals surface area (Å²) < 4.78 is 18.3. The molecule has 0 aliphatic rings. The first-order valence-corrected chi connectivity index (χ1v) is 8.19. The minimum atomic E-state index is -0.330. The average molecular weight is 340 g/mol. The van der Waals surface area contributed by atoms with Crippen LogP contribution in [0.15, 0.2) is 48.5 Å². The van der Waals surface area contributed by atoms with E-state index in [0.717, 1.165) is 0 Å². The number of hydrogen-bond acceptors (Lipinski definition) is 3. The van der Waals surface area contributed by atoms with E-state index in [9.17, 15) is 9.18 Å². The Bertz CT molecular complexity index is 622. The first-order valence-electron chi connectivity index (χ1n) is 6.65. The Labute approximate surface area is 137 Å². The van der Waals surface area contributed by atoms with E-state index in [2.05, 4.69) is 5.32 Å². The van der Waals surface area contributed by atoms with E-state index in [-0.39, 0.29) is 11.7 Å². The van der Waals surface area contributed by atoms with Crippen LogP contribution in [0.3, 0.4) is 0 Å². The third-order valence-corrected chi connectivity index (χ3v) is 3.92. The lowest BCUT2D eigenvalue weighted by Gasteiger charge is -2.08. The Morgan fingerprint density at radius 1 is 1.18 bits per heavy atom. The highest BCUT2D eigenvalue weighted by Crippen LogP contribution is 2.23. The molecular weight excluding hydrogens is 325 g/mol. The predicted molar refractivity (Wildman–Crippen MR) is 89.3 cm³/mol. The van der Waals surface area contributed by atoms with Gasteiger partial charge in [-0.25, -0.2) is 4.39 Å². The second kappa shape index (κ2) is 8.66. The minimum absolute atomic E-state index is 0.130. The molecular formula is C16H15ClFNO2S. The predicted octanol–water partition coefficient (Wildman–Crippen LogP) is 4.23. The van der Waals surface area contributed by atoms with Crippen molar-refractivity contribution >= 4 is 35.0 Å². The Kier molecular flexibility index (Phi) is 6.55. The Morgan fingerprint density at radius 3 is 2.64 bits per heavy atom. The number of benzene rings is 2. The molecule has 0 atom stereocenters. The number of hydrogen-bond donors (Lipinski definition) is 1. The molecule has 1 amide bonds. The number of carbonyl (C=O) groups excluding carboxylic acids is 1. The third kappa shape index (κ3) is 5.58. The van der Waals surface area contributed by atoms with Crippen LogP contribution in [-0.2, 0) is 4.79 Å². The normalized spacial score (nSPS) is 10.3. The average Bonchev–Trinajstić information content (AvgIpc) is 2.51. The van der Waals surface area contributed by atoms with E-state index in [1.54, 1.807) is 12.1 Å². The molecule has 0 aliphatic heterocycles. The minimum Gasteiger partial charge on any atom is -0.491 e. The maximum atomic E-state index is 12.7. The van der Waals surface area contributed by atoms with Crippen LogP contribution in [0, 0.1) is 5.82 Å². The number of anilines is 1. The van der Waals surface area contributed by atoms with Gasteiger partial charge in [-0.15, -0.1) is 11.8 Å². The molecule has 0 radical (unpaired) electrons. The fourth-order valence-corrected chi connectivity index (χ4v) is 2.46. The maximum Gasteiger partial charge on any atom is 0.234 e. The van der Waals surface area contributed by atoms with Crippen molar-refractivity contribution in [1.82, 2.24) is 0 Å². The summed E-state index contributed by atoms with van der Waals surface area (Å²) in [4.78, 5) is 11.7. The molecule has 2 aromatic carbocycles. The van der Waals surface area contributed by atoms with Crippen molar-refractivity contribution in [2.45, 2.75) is 0 Å². The summed E-state index contributed by atoms with van der Waals surface area (Å²) in [6.45, 7) is 0.470. The third-order valence-electron chi connectivity index (χ3n) is 2.68. The van der Waals surface area contributed by atoms with Crippen LogP contribution in [-0.4, -0.2) is 24.0 Å². The molecule has 22 heavy (non-hydrogen) atoms. The van der Waals surface area contributed by atoms with E-state index in [0.29, 0.717) is 34.6 Å². The molecule has 0 aromatic heterocycles. The first kappa shape index (κ1) is 16.6. The van der Waals surface area contributed by atoms with Crippen molar-refractivity contribution < 1.29 is 13.9 Å². The van der Waals surface area contributed by atoms with Crippen LogP contribution in [0.5, 0.6) is 5.75 Å². The number of nitrogens with one attached hydrogen (secondary N) is 1. The number of halogens is 2. The molecule has 1 N–H and O–H groups in total. The Hall–Kier alpha value is -1.72. The molecule has 0 spiro atoms. The summed E-state index contributed by atoms with van der Waals surface area (Å²) in [5, 5.41) is 3.27. The van der Waals surface area contributed by atoms with Crippen LogP contribution in [0.4, 0.5) is 10.1 Å². The second-order valence-corrected chi connectivity index (χ2v) is 5.90. The summed E-state index contributed by atoms with van der Waals surface area (Å²) in [6, 6.07) is 12.9. The number of carbonyl (C=O) groups is 1. The molecule has 0 aliphatic carbocycles. The zero-order valence-corrected chi connectivity index (χ0v) is 13.3. The number of thioether (sulfide) groups is 1. The lowest BCUT2D eigenvalue weighted by Crippen LogP contribution is -2.15. The number of rotatable bonds is 7. The van der Waals surface area contributed by atoms with Crippen LogP contribution >= 0.6 is 23.4 Å². The van der Waals surface area contributed by atoms with E-state index in [4.69, 9.17) is 16.3 Å². The van der Waals surface area contributed by atoms with Gasteiger partial charge in [0.05, 0.1) is 17.4 Å². The van der Waals surface area contributed by atoms with E-state index < -0.39 is 0 Å². The van der Waals surface area contributed by atoms with E-state index in [1.165, 1.54) is 36.0 Å². The maximum absolute atomic E-state index is 12.7. The standard InChI is InChI=1S/C16H15ClFNO2S/c17-14-3-1-2-4-15(14)21-9-10-22-11-16(20)19-13-7-5-12(18)6-8-13/h1-8H,9-11H2,(H,19,20). The molecule has 0 saturated heterocycles. The molecule has 2 rings (SSSR count). The lowest BCUT2D eigenvalue weighted by atomic mass is 10.3. The fraction of sp³-hybridized carbons (Fsp3) is 0.188. The summed E-state index contributed by atoms with van der Waals surface area (Å²) in [7, 11) is 0. The zero-order valence-electron chi connectivity index (χ0n) is 11.7. The second-order valence-electron chi connectivity index (χ2n) is 4.39. The van der Waals surface area contributed by atoms with Crippen LogP contribution < -0.4 is 10.1 Å². The molecule has 0 fully saturated rings. The largest absolute Gasteiger partial charge is 0.491 e. The summed E-state index contributed by atoms with van der Waals surface area (Å²) in [5.74, 6) is 1.16. The first-order chi connectivity index (χ1) is 10.6. The van der Waals surface area contributed by atoms with Gasteiger partial charge in [-0.1, -0.05) is 23.7 Å². The van der Waals surface area contributed by atoms with Crippen molar-refractivity contribution in [3.05, 3.63) is 59.4 Å². The molecule has 0 heterocycles. The number of para-hydroxylation sites is 1. The fourth-order valence-electron chi connectivity index (χ4n) is 1.67. The van der Waals surface area contributed by atoms with E-state index >= 15 is 0 Å². The highest BCUT2D eigenvalue weighted by molar-refractivity contribution is 7.99. The van der Waals surface area contributed by atoms with Crippen molar-refractivity contribution in [3.8, 4) is 5.75 Å². The topological polar surface area (TPSA) is 38.3 Å². The highest BCUT2D eigenvalue weighted by atomic mass is 35.5. The van der Waals surface area contributed by atoms with Gasteiger partial charge in [0.15, 0.2) is 0 Å². The van der Waals surface area contributed by atoms with Gasteiger partial charge in [-0.3, -0.25) is 4.79 Å². The van der Waals surface area contributed by atoms with Gasteiger partial charge >= 0.3 is 0 Å². The molecule has 116 valence electrons. The Morgan fingerprint density at radius 2 is 1.91 bits per heavy atom. The van der Waals surface area contributed by atoms with Crippen molar-refractivity contribution in [2.24, 2.45) is 0 Å². The molecule has 6 heteroatoms. The number of amides is 1. The highest BCUT2D eigenvalue weighted by Gasteiger charge is 2.04. The van der Waals surface area contributed by atoms with Crippen molar-refractivity contribution in [1.29, 1.82) is 0 Å². The van der Waals surface area contributed by atoms with Gasteiger partial charge in [0.1, 0.15) is 11.6 Å². The quantitative estimate of drug-likeness (QED) is 0.767. The van der Waals surface area contributed by atoms with Gasteiger partial charge in [0.25, 0.3) is 0 Å². The SMILES string of the molecule is O=C(CSCCOc1ccccc1Cl)Nc1ccc(F)cc1. The summed E-state index contributed by atoms with van der Waals surface area (Å²) >= 11 is 7.42. The van der Waals surface area contributed by atoms with Gasteiger partial charge < -0.3 is 10.1 Å². The van der Waals surface area contributed by atoms with Gasteiger partial charge in [0, 0.05) is 11.4 Å². The number of ether oxygens (including phenoxy) is 1. The lowest BCUT2D eigenvalue weighted by molar-refractivity contribution is -0.113.